The molecule has 164 valence electrons. The standard InChI is InChI=1S/C23H22N10/c1-25-16-31-14-22(15-31)12-23(13-22,5-6-24)33-10-17(9-27-33)21-20-3-7-26-32(20)11-19(28-21)18-4-8-30(2)29-18/h3-4,7-11H,5,12-16H2,2H3. The van der Waals surface area contributed by atoms with Gasteiger partial charge >= 0.3 is 0 Å². The summed E-state index contributed by atoms with van der Waals surface area (Å²) >= 11 is 0. The maximum Gasteiger partial charge on any atom is 0.270 e. The van der Waals surface area contributed by atoms with Gasteiger partial charge in [0.15, 0.2) is 0 Å². The van der Waals surface area contributed by atoms with Crippen molar-refractivity contribution in [1.29, 1.82) is 5.26 Å². The molecular formula is C23H22N10. The van der Waals surface area contributed by atoms with E-state index in [9.17, 15) is 5.26 Å². The first kappa shape index (κ1) is 19.6. The predicted molar refractivity (Wildman–Crippen MR) is 119 cm³/mol. The summed E-state index contributed by atoms with van der Waals surface area (Å²) in [6.45, 7) is 9.38. The molecule has 0 amide bonds. The summed E-state index contributed by atoms with van der Waals surface area (Å²) < 4.78 is 5.53. The van der Waals surface area contributed by atoms with E-state index in [2.05, 4.69) is 26.0 Å². The fourth-order valence-electron chi connectivity index (χ4n) is 5.70. The highest BCUT2D eigenvalue weighted by atomic mass is 15.3. The number of rotatable bonds is 5. The van der Waals surface area contributed by atoms with E-state index >= 15 is 0 Å². The van der Waals surface area contributed by atoms with Gasteiger partial charge in [-0.05, 0) is 25.0 Å². The van der Waals surface area contributed by atoms with Crippen molar-refractivity contribution in [2.75, 3.05) is 19.8 Å². The molecule has 4 aromatic heterocycles. The van der Waals surface area contributed by atoms with Crippen LogP contribution in [0, 0.1) is 23.3 Å². The molecule has 1 aliphatic heterocycles. The number of hydrogen-bond acceptors (Lipinski definition) is 6. The Kier molecular flexibility index (Phi) is 4.16. The Hall–Kier alpha value is -4.02. The summed E-state index contributed by atoms with van der Waals surface area (Å²) in [6.07, 6.45) is 11.6. The van der Waals surface area contributed by atoms with E-state index in [0.717, 1.165) is 54.1 Å². The quantitative estimate of drug-likeness (QED) is 0.444. The van der Waals surface area contributed by atoms with Gasteiger partial charge in [-0.15, -0.1) is 0 Å². The highest BCUT2D eigenvalue weighted by Gasteiger charge is 2.61. The summed E-state index contributed by atoms with van der Waals surface area (Å²) in [7, 11) is 1.88. The molecule has 6 rings (SSSR count). The maximum absolute atomic E-state index is 9.55. The lowest BCUT2D eigenvalue weighted by molar-refractivity contribution is -0.133. The molecule has 0 radical (unpaired) electrons. The van der Waals surface area contributed by atoms with Crippen LogP contribution in [0.15, 0.2) is 43.1 Å². The third-order valence-corrected chi connectivity index (χ3v) is 6.91. The molecule has 0 aromatic carbocycles. The van der Waals surface area contributed by atoms with Gasteiger partial charge in [-0.25, -0.2) is 21.0 Å². The van der Waals surface area contributed by atoms with Crippen LogP contribution < -0.4 is 0 Å². The first-order chi connectivity index (χ1) is 16.0. The van der Waals surface area contributed by atoms with Gasteiger partial charge in [-0.3, -0.25) is 14.2 Å². The third kappa shape index (κ3) is 3.03. The van der Waals surface area contributed by atoms with Gasteiger partial charge in [0, 0.05) is 43.5 Å². The van der Waals surface area contributed by atoms with E-state index in [1.54, 1.807) is 10.9 Å². The first-order valence-electron chi connectivity index (χ1n) is 10.9. The number of nitrogens with zero attached hydrogens (tertiary/aromatic N) is 10. The molecule has 0 N–H and O–H groups in total. The molecule has 1 spiro atoms. The zero-order valence-corrected chi connectivity index (χ0v) is 18.3. The second kappa shape index (κ2) is 6.99. The first-order valence-corrected chi connectivity index (χ1v) is 10.9. The molecule has 1 saturated heterocycles. The van der Waals surface area contributed by atoms with E-state index in [0.29, 0.717) is 13.1 Å². The minimum absolute atomic E-state index is 0.212. The second-order valence-corrected chi connectivity index (χ2v) is 9.38. The van der Waals surface area contributed by atoms with Gasteiger partial charge in [0.1, 0.15) is 11.4 Å². The molecule has 0 atom stereocenters. The maximum atomic E-state index is 9.55. The van der Waals surface area contributed by atoms with Crippen molar-refractivity contribution in [3.8, 4) is 28.7 Å². The monoisotopic (exact) mass is 438 g/mol. The van der Waals surface area contributed by atoms with E-state index in [1.807, 2.05) is 53.2 Å². The van der Waals surface area contributed by atoms with Crippen molar-refractivity contribution in [1.82, 2.24) is 39.1 Å². The summed E-state index contributed by atoms with van der Waals surface area (Å²) in [6, 6.07) is 6.24. The SMILES string of the molecule is [C-]#[N+]CN1CC2(C1)CC(CC#N)(n1cc(-c3nc(-c4ccn(C)n4)cn4nccc34)cn1)C2. The second-order valence-electron chi connectivity index (χ2n) is 9.38. The minimum Gasteiger partial charge on any atom is -0.299 e. The fourth-order valence-corrected chi connectivity index (χ4v) is 5.70. The number of hydrogen-bond donors (Lipinski definition) is 0. The van der Waals surface area contributed by atoms with Crippen LogP contribution in [0.5, 0.6) is 0 Å². The molecule has 0 bridgehead atoms. The van der Waals surface area contributed by atoms with Crippen molar-refractivity contribution < 1.29 is 0 Å². The molecule has 2 aliphatic rings. The summed E-state index contributed by atoms with van der Waals surface area (Å²) in [5.74, 6) is 0. The number of aryl methyl sites for hydroxylation is 1. The molecular weight excluding hydrogens is 416 g/mol. The average Bonchev–Trinajstić information content (AvgIpc) is 3.50. The number of nitriles is 1. The van der Waals surface area contributed by atoms with Crippen LogP contribution in [0.2, 0.25) is 0 Å². The Morgan fingerprint density at radius 2 is 2.03 bits per heavy atom. The molecule has 10 heteroatoms. The van der Waals surface area contributed by atoms with Crippen LogP contribution in [0.3, 0.4) is 0 Å². The highest BCUT2D eigenvalue weighted by Crippen LogP contribution is 2.59. The van der Waals surface area contributed by atoms with Crippen LogP contribution in [-0.4, -0.2) is 58.8 Å². The summed E-state index contributed by atoms with van der Waals surface area (Å²) in [5.41, 5.74) is 3.99. The Balaban J connectivity index is 1.34. The molecule has 1 aliphatic carbocycles. The minimum atomic E-state index is -0.299. The number of fused-ring (bicyclic) bond motifs is 1. The van der Waals surface area contributed by atoms with Crippen molar-refractivity contribution in [2.24, 2.45) is 12.5 Å². The number of likely N-dealkylation sites (tertiary alicyclic amines) is 1. The summed E-state index contributed by atoms with van der Waals surface area (Å²) in [4.78, 5) is 10.6. The normalized spacial score (nSPS) is 18.5. The zero-order chi connectivity index (χ0) is 22.6. The van der Waals surface area contributed by atoms with E-state index in [-0.39, 0.29) is 11.0 Å². The van der Waals surface area contributed by atoms with Crippen LogP contribution in [0.1, 0.15) is 19.3 Å². The van der Waals surface area contributed by atoms with Crippen LogP contribution in [0.4, 0.5) is 0 Å². The largest absolute Gasteiger partial charge is 0.299 e. The van der Waals surface area contributed by atoms with Gasteiger partial charge in [0.2, 0.25) is 0 Å². The molecule has 10 nitrogen and oxygen atoms in total. The molecule has 5 heterocycles. The molecule has 2 fully saturated rings. The van der Waals surface area contributed by atoms with E-state index in [1.165, 1.54) is 0 Å². The van der Waals surface area contributed by atoms with Gasteiger partial charge in [0.25, 0.3) is 6.67 Å². The van der Waals surface area contributed by atoms with Crippen molar-refractivity contribution in [3.05, 3.63) is 54.5 Å². The third-order valence-electron chi connectivity index (χ3n) is 6.91. The smallest absolute Gasteiger partial charge is 0.270 e. The van der Waals surface area contributed by atoms with Gasteiger partial charge in [-0.2, -0.15) is 20.6 Å². The van der Waals surface area contributed by atoms with Crippen molar-refractivity contribution in [2.45, 2.75) is 24.8 Å². The zero-order valence-electron chi connectivity index (χ0n) is 18.3. The van der Waals surface area contributed by atoms with E-state index in [4.69, 9.17) is 16.7 Å². The van der Waals surface area contributed by atoms with Crippen molar-refractivity contribution >= 4 is 5.52 Å². The average molecular weight is 438 g/mol. The Bertz CT molecular complexity index is 1430. The number of aromatic nitrogens is 7. The lowest BCUT2D eigenvalue weighted by Crippen LogP contribution is -2.68. The van der Waals surface area contributed by atoms with Gasteiger partial charge in [-0.1, -0.05) is 0 Å². The van der Waals surface area contributed by atoms with E-state index < -0.39 is 0 Å². The Morgan fingerprint density at radius 1 is 1.18 bits per heavy atom. The predicted octanol–water partition coefficient (Wildman–Crippen LogP) is 2.57. The highest BCUT2D eigenvalue weighted by molar-refractivity contribution is 5.77. The lowest BCUT2D eigenvalue weighted by Gasteiger charge is -2.62. The molecule has 1 saturated carbocycles. The van der Waals surface area contributed by atoms with Gasteiger partial charge in [0.05, 0.1) is 47.8 Å². The molecule has 0 unspecified atom stereocenters. The van der Waals surface area contributed by atoms with Crippen LogP contribution in [0.25, 0.3) is 33.0 Å². The lowest BCUT2D eigenvalue weighted by atomic mass is 9.53. The molecule has 33 heavy (non-hydrogen) atoms. The van der Waals surface area contributed by atoms with Gasteiger partial charge < -0.3 is 0 Å². The van der Waals surface area contributed by atoms with Crippen molar-refractivity contribution in [3.63, 3.8) is 0 Å². The molecule has 4 aromatic rings. The topological polar surface area (TPSA) is 97.2 Å². The Morgan fingerprint density at radius 3 is 2.76 bits per heavy atom. The van der Waals surface area contributed by atoms with Crippen LogP contribution >= 0.6 is 0 Å². The Labute approximate surface area is 190 Å². The summed E-state index contributed by atoms with van der Waals surface area (Å²) in [5, 5.41) is 23.1. The fraction of sp³-hybridized carbons (Fsp3) is 0.391. The van der Waals surface area contributed by atoms with Crippen LogP contribution in [-0.2, 0) is 12.6 Å².